The minimum Gasteiger partial charge on any atom is -0.461 e. The second-order valence-corrected chi connectivity index (χ2v) is 11.9. The molecule has 0 radical (unpaired) electrons. The second kappa shape index (κ2) is 11.0. The van der Waals surface area contributed by atoms with Crippen molar-refractivity contribution in [3.8, 4) is 0 Å². The van der Waals surface area contributed by atoms with Gasteiger partial charge < -0.3 is 28.6 Å². The maximum absolute atomic E-state index is 13.1. The number of hydrogen-bond acceptors (Lipinski definition) is 8. The fraction of sp³-hybridized carbons (Fsp3) is 0.633. The van der Waals surface area contributed by atoms with Crippen molar-refractivity contribution >= 4 is 18.0 Å². The number of aliphatic hydroxyl groups is 1. The van der Waals surface area contributed by atoms with Crippen molar-refractivity contribution in [1.82, 2.24) is 9.55 Å². The molecule has 1 saturated carbocycles. The molecule has 1 aromatic heterocycles. The number of aromatic nitrogens is 2. The van der Waals surface area contributed by atoms with E-state index in [1.165, 1.54) is 13.0 Å². The van der Waals surface area contributed by atoms with Crippen molar-refractivity contribution < 1.29 is 33.6 Å². The van der Waals surface area contributed by atoms with Gasteiger partial charge in [0.1, 0.15) is 18.3 Å². The van der Waals surface area contributed by atoms with E-state index in [0.29, 0.717) is 30.0 Å². The number of methoxy groups -OCH3 is 1. The third kappa shape index (κ3) is 6.05. The van der Waals surface area contributed by atoms with Gasteiger partial charge >= 0.3 is 11.9 Å². The largest absolute Gasteiger partial charge is 0.461 e. The molecular weight excluding hydrogens is 500 g/mol. The Bertz CT molecular complexity index is 1170. The van der Waals surface area contributed by atoms with E-state index in [1.807, 2.05) is 27.0 Å². The first-order valence-corrected chi connectivity index (χ1v) is 13.7. The minimum absolute atomic E-state index is 0.0168. The van der Waals surface area contributed by atoms with Gasteiger partial charge in [-0.05, 0) is 75.0 Å². The van der Waals surface area contributed by atoms with Crippen molar-refractivity contribution in [2.24, 2.45) is 30.7 Å². The Morgan fingerprint density at radius 2 is 2.05 bits per heavy atom. The van der Waals surface area contributed by atoms with Gasteiger partial charge in [-0.1, -0.05) is 19.9 Å². The molecule has 1 fully saturated rings. The molecule has 0 amide bonds. The third-order valence-corrected chi connectivity index (χ3v) is 8.66. The first kappa shape index (κ1) is 29.2. The highest BCUT2D eigenvalue weighted by atomic mass is 16.7. The molecule has 0 spiro atoms. The van der Waals surface area contributed by atoms with Crippen LogP contribution in [0.1, 0.15) is 59.6 Å². The quantitative estimate of drug-likeness (QED) is 0.313. The van der Waals surface area contributed by atoms with Gasteiger partial charge in [-0.15, -0.1) is 0 Å². The van der Waals surface area contributed by atoms with Crippen molar-refractivity contribution in [3.63, 3.8) is 0 Å². The highest BCUT2D eigenvalue weighted by Crippen LogP contribution is 2.52. The van der Waals surface area contributed by atoms with Gasteiger partial charge in [0, 0.05) is 38.9 Å². The van der Waals surface area contributed by atoms with Crippen LogP contribution in [0.4, 0.5) is 0 Å². The van der Waals surface area contributed by atoms with Gasteiger partial charge in [0.15, 0.2) is 0 Å². The molecule has 2 bridgehead atoms. The molecule has 4 rings (SSSR count). The van der Waals surface area contributed by atoms with E-state index in [4.69, 9.17) is 18.9 Å². The number of allylic oxidation sites excluding steroid dienone is 1. The third-order valence-electron chi connectivity index (χ3n) is 8.66. The van der Waals surface area contributed by atoms with Crippen molar-refractivity contribution in [1.29, 1.82) is 0 Å². The van der Waals surface area contributed by atoms with E-state index in [2.05, 4.69) is 24.9 Å². The number of rotatable bonds is 7. The Labute approximate surface area is 230 Å². The summed E-state index contributed by atoms with van der Waals surface area (Å²) < 4.78 is 25.9. The van der Waals surface area contributed by atoms with Crippen LogP contribution in [0.3, 0.4) is 0 Å². The monoisotopic (exact) mass is 542 g/mol. The fourth-order valence-corrected chi connectivity index (χ4v) is 6.39. The van der Waals surface area contributed by atoms with Gasteiger partial charge in [0.25, 0.3) is 0 Å². The lowest BCUT2D eigenvalue weighted by atomic mass is 9.59. The number of imidazole rings is 1. The first-order chi connectivity index (χ1) is 18.3. The van der Waals surface area contributed by atoms with Crippen LogP contribution in [0.2, 0.25) is 0 Å². The Hall–Kier alpha value is -2.75. The number of carbonyl (C=O) groups excluding carboxylic acids is 2. The molecule has 0 unspecified atom stereocenters. The standard InChI is InChI=1S/C30H42N2O7/c1-19(2)23-10-11-28(4,35)25-15-26(38-27(34)9-8-22-16-32(6)18-31-22)29(5)12-13-30(36-7,39-29)21(14-24(23)25)17-37-20(3)33/h8-9,12-14,16,18-19,23-26,35H,10-11,15,17H2,1-7H3/b9-8+,21-14-/t23-,24-,25-,26+,28-,29+,30-/m1/s1. The summed E-state index contributed by atoms with van der Waals surface area (Å²) in [6, 6.07) is 0. The lowest BCUT2D eigenvalue weighted by Gasteiger charge is -2.49. The fourth-order valence-electron chi connectivity index (χ4n) is 6.39. The molecule has 9 nitrogen and oxygen atoms in total. The zero-order chi connectivity index (χ0) is 28.6. The SMILES string of the molecule is CO[C@]12C=C[C@](C)(O1)[C@@H](OC(=O)/C=C/c1cn(C)cn1)C[C@@H]1[C@H](/C=C\2COC(C)=O)[C@@H](C(C)C)CC[C@@]1(C)O. The summed E-state index contributed by atoms with van der Waals surface area (Å²) in [6.07, 6.45) is 13.3. The van der Waals surface area contributed by atoms with E-state index in [9.17, 15) is 14.7 Å². The average Bonchev–Trinajstić information content (AvgIpc) is 3.45. The molecule has 1 aliphatic carbocycles. The summed E-state index contributed by atoms with van der Waals surface area (Å²) in [5.41, 5.74) is -0.770. The molecule has 0 saturated heterocycles. The molecule has 1 N–H and O–H groups in total. The molecule has 7 atom stereocenters. The Balaban J connectivity index is 1.76. The zero-order valence-electron chi connectivity index (χ0n) is 24.0. The molecular formula is C30H42N2O7. The van der Waals surface area contributed by atoms with Gasteiger partial charge in [0.05, 0.1) is 17.6 Å². The maximum Gasteiger partial charge on any atom is 0.331 e. The average molecular weight is 543 g/mol. The summed E-state index contributed by atoms with van der Waals surface area (Å²) in [4.78, 5) is 29.1. The molecule has 39 heavy (non-hydrogen) atoms. The summed E-state index contributed by atoms with van der Waals surface area (Å²) >= 11 is 0. The molecule has 9 heteroatoms. The zero-order valence-corrected chi connectivity index (χ0v) is 24.0. The van der Waals surface area contributed by atoms with E-state index >= 15 is 0 Å². The highest BCUT2D eigenvalue weighted by molar-refractivity contribution is 5.86. The van der Waals surface area contributed by atoms with Crippen LogP contribution in [0.5, 0.6) is 0 Å². The lowest BCUT2D eigenvalue weighted by Crippen LogP contribution is -2.52. The van der Waals surface area contributed by atoms with Crippen LogP contribution in [0.15, 0.2) is 42.4 Å². The molecule has 3 aliphatic rings. The van der Waals surface area contributed by atoms with Crippen LogP contribution in [0.25, 0.3) is 6.08 Å². The summed E-state index contributed by atoms with van der Waals surface area (Å²) in [7, 11) is 3.40. The van der Waals surface area contributed by atoms with E-state index in [1.54, 1.807) is 36.4 Å². The maximum atomic E-state index is 13.1. The van der Waals surface area contributed by atoms with Crippen molar-refractivity contribution in [2.45, 2.75) is 77.0 Å². The van der Waals surface area contributed by atoms with Crippen molar-refractivity contribution in [3.05, 3.63) is 48.1 Å². The Morgan fingerprint density at radius 3 is 2.67 bits per heavy atom. The number of aryl methyl sites for hydroxylation is 1. The van der Waals surface area contributed by atoms with Crippen LogP contribution in [-0.2, 0) is 35.6 Å². The van der Waals surface area contributed by atoms with E-state index < -0.39 is 35.0 Å². The van der Waals surface area contributed by atoms with Gasteiger partial charge in [-0.2, -0.15) is 0 Å². The summed E-state index contributed by atoms with van der Waals surface area (Å²) in [6.45, 7) is 9.43. The predicted octanol–water partition coefficient (Wildman–Crippen LogP) is 3.98. The van der Waals surface area contributed by atoms with Crippen LogP contribution in [-0.4, -0.2) is 63.4 Å². The lowest BCUT2D eigenvalue weighted by molar-refractivity contribution is -0.230. The Morgan fingerprint density at radius 1 is 1.31 bits per heavy atom. The topological polar surface area (TPSA) is 109 Å². The van der Waals surface area contributed by atoms with E-state index in [-0.39, 0.29) is 24.4 Å². The van der Waals surface area contributed by atoms with Crippen LogP contribution in [0, 0.1) is 23.7 Å². The molecule has 3 heterocycles. The minimum atomic E-state index is -1.31. The molecule has 214 valence electrons. The normalized spacial score (nSPS) is 37.5. The number of nitrogens with zero attached hydrogens (tertiary/aromatic N) is 2. The van der Waals surface area contributed by atoms with Gasteiger partial charge in [0.2, 0.25) is 5.79 Å². The number of carbonyl (C=O) groups is 2. The number of esters is 2. The second-order valence-electron chi connectivity index (χ2n) is 11.9. The number of ether oxygens (including phenoxy) is 4. The van der Waals surface area contributed by atoms with Crippen LogP contribution < -0.4 is 0 Å². The summed E-state index contributed by atoms with van der Waals surface area (Å²) in [5, 5.41) is 11.7. The molecule has 1 aromatic rings. The van der Waals surface area contributed by atoms with Crippen LogP contribution >= 0.6 is 0 Å². The molecule has 0 aromatic carbocycles. The van der Waals surface area contributed by atoms with E-state index in [0.717, 1.165) is 6.42 Å². The Kier molecular flexibility index (Phi) is 8.26. The summed E-state index contributed by atoms with van der Waals surface area (Å²) in [5.74, 6) is -1.99. The number of fused-ring (bicyclic) bond motifs is 3. The predicted molar refractivity (Wildman–Crippen MR) is 145 cm³/mol. The van der Waals surface area contributed by atoms with Gasteiger partial charge in [-0.3, -0.25) is 4.79 Å². The molecule has 2 aliphatic heterocycles. The highest BCUT2D eigenvalue weighted by Gasteiger charge is 2.56. The van der Waals surface area contributed by atoms with Crippen molar-refractivity contribution in [2.75, 3.05) is 13.7 Å². The van der Waals surface area contributed by atoms with Gasteiger partial charge in [-0.25, -0.2) is 9.78 Å². The first-order valence-electron chi connectivity index (χ1n) is 13.7. The number of hydrogen-bond donors (Lipinski definition) is 1. The smallest absolute Gasteiger partial charge is 0.331 e.